The van der Waals surface area contributed by atoms with Gasteiger partial charge < -0.3 is 9.47 Å². The number of nitro benzene ring substituents is 1. The van der Waals surface area contributed by atoms with Gasteiger partial charge in [-0.05, 0) is 11.6 Å². The quantitative estimate of drug-likeness (QED) is 0.479. The third kappa shape index (κ3) is 4.45. The number of esters is 1. The zero-order valence-corrected chi connectivity index (χ0v) is 9.56. The van der Waals surface area contributed by atoms with Crippen molar-refractivity contribution >= 4 is 11.7 Å². The number of carbonyl (C=O) groups is 1. The first-order valence-electron chi connectivity index (χ1n) is 4.83. The summed E-state index contributed by atoms with van der Waals surface area (Å²) in [4.78, 5) is 20.5. The van der Waals surface area contributed by atoms with Crippen molar-refractivity contribution in [2.24, 2.45) is 0 Å². The molecule has 104 valence electrons. The van der Waals surface area contributed by atoms with Gasteiger partial charge in [0.2, 0.25) is 5.75 Å². The van der Waals surface area contributed by atoms with Gasteiger partial charge in [0.15, 0.2) is 0 Å². The number of nitrogens with zero attached hydrogens (tertiary/aromatic N) is 1. The van der Waals surface area contributed by atoms with Crippen LogP contribution in [0.2, 0.25) is 0 Å². The standard InChI is InChI=1S/C10H8F3NO5/c1-18-9(15)5-6-2-3-7(14(16)17)8(4-6)19-10(11,12)13/h2-4H,5H2,1H3. The monoisotopic (exact) mass is 279 g/mol. The molecule has 0 atom stereocenters. The van der Waals surface area contributed by atoms with E-state index in [-0.39, 0.29) is 12.0 Å². The first-order chi connectivity index (χ1) is 8.73. The highest BCUT2D eigenvalue weighted by Gasteiger charge is 2.34. The van der Waals surface area contributed by atoms with E-state index in [4.69, 9.17) is 0 Å². The third-order valence-electron chi connectivity index (χ3n) is 2.02. The van der Waals surface area contributed by atoms with Crippen molar-refractivity contribution in [2.75, 3.05) is 7.11 Å². The Morgan fingerprint density at radius 3 is 2.53 bits per heavy atom. The zero-order chi connectivity index (χ0) is 14.6. The van der Waals surface area contributed by atoms with Gasteiger partial charge in [-0.3, -0.25) is 14.9 Å². The second kappa shape index (κ2) is 5.55. The van der Waals surface area contributed by atoms with E-state index in [0.717, 1.165) is 25.3 Å². The molecule has 0 N–H and O–H groups in total. The SMILES string of the molecule is COC(=O)Cc1ccc([N+](=O)[O-])c(OC(F)(F)F)c1. The van der Waals surface area contributed by atoms with E-state index in [9.17, 15) is 28.1 Å². The fraction of sp³-hybridized carbons (Fsp3) is 0.300. The molecule has 0 radical (unpaired) electrons. The Morgan fingerprint density at radius 1 is 1.42 bits per heavy atom. The van der Waals surface area contributed by atoms with Crippen molar-refractivity contribution in [2.45, 2.75) is 12.8 Å². The Bertz CT molecular complexity index is 500. The summed E-state index contributed by atoms with van der Waals surface area (Å²) in [6.07, 6.45) is -5.38. The number of carbonyl (C=O) groups excluding carboxylic acids is 1. The summed E-state index contributed by atoms with van der Waals surface area (Å²) in [5.41, 5.74) is -0.734. The molecule has 0 saturated carbocycles. The average Bonchev–Trinajstić information content (AvgIpc) is 2.26. The first-order valence-corrected chi connectivity index (χ1v) is 4.83. The number of hydrogen-bond donors (Lipinski definition) is 0. The maximum atomic E-state index is 12.1. The van der Waals surface area contributed by atoms with E-state index in [1.807, 2.05) is 0 Å². The van der Waals surface area contributed by atoms with Crippen LogP contribution in [0.1, 0.15) is 5.56 Å². The van der Waals surface area contributed by atoms with Gasteiger partial charge in [0.05, 0.1) is 18.5 Å². The van der Waals surface area contributed by atoms with Crippen molar-refractivity contribution < 1.29 is 32.4 Å². The smallest absolute Gasteiger partial charge is 0.469 e. The number of hydrogen-bond acceptors (Lipinski definition) is 5. The van der Waals surface area contributed by atoms with Gasteiger partial charge in [0.1, 0.15) is 0 Å². The molecule has 0 heterocycles. The van der Waals surface area contributed by atoms with Crippen LogP contribution in [-0.4, -0.2) is 24.4 Å². The molecule has 1 rings (SSSR count). The Balaban J connectivity index is 3.11. The van der Waals surface area contributed by atoms with E-state index in [1.165, 1.54) is 0 Å². The average molecular weight is 279 g/mol. The molecular weight excluding hydrogens is 271 g/mol. The van der Waals surface area contributed by atoms with E-state index < -0.39 is 28.7 Å². The Labute approximate surface area is 104 Å². The lowest BCUT2D eigenvalue weighted by atomic mass is 10.1. The lowest BCUT2D eigenvalue weighted by Gasteiger charge is -2.10. The molecule has 1 aromatic rings. The number of methoxy groups -OCH3 is 1. The van der Waals surface area contributed by atoms with E-state index >= 15 is 0 Å². The van der Waals surface area contributed by atoms with Crippen LogP contribution >= 0.6 is 0 Å². The first kappa shape index (κ1) is 14.7. The maximum absolute atomic E-state index is 12.1. The van der Waals surface area contributed by atoms with Gasteiger partial charge in [-0.15, -0.1) is 13.2 Å². The predicted molar refractivity (Wildman–Crippen MR) is 55.5 cm³/mol. The summed E-state index contributed by atoms with van der Waals surface area (Å²) in [6, 6.07) is 2.76. The second-order valence-electron chi connectivity index (χ2n) is 3.36. The van der Waals surface area contributed by atoms with Crippen LogP contribution in [-0.2, 0) is 16.0 Å². The highest BCUT2D eigenvalue weighted by Crippen LogP contribution is 2.32. The number of nitro groups is 1. The Hall–Kier alpha value is -2.32. The van der Waals surface area contributed by atoms with Gasteiger partial charge in [-0.25, -0.2) is 0 Å². The molecule has 6 nitrogen and oxygen atoms in total. The van der Waals surface area contributed by atoms with Crippen LogP contribution in [0, 0.1) is 10.1 Å². The minimum Gasteiger partial charge on any atom is -0.469 e. The third-order valence-corrected chi connectivity index (χ3v) is 2.02. The normalized spacial score (nSPS) is 10.9. The molecular formula is C10H8F3NO5. The number of halogens is 3. The molecule has 0 saturated heterocycles. The molecule has 0 aliphatic heterocycles. The van der Waals surface area contributed by atoms with Gasteiger partial charge in [0.25, 0.3) is 0 Å². The summed E-state index contributed by atoms with van der Waals surface area (Å²) in [7, 11) is 1.11. The fourth-order valence-electron chi connectivity index (χ4n) is 1.26. The summed E-state index contributed by atoms with van der Waals surface area (Å²) >= 11 is 0. The number of ether oxygens (including phenoxy) is 2. The minimum atomic E-state index is -5.06. The summed E-state index contributed by atoms with van der Waals surface area (Å²) < 4.78 is 44.2. The number of rotatable bonds is 4. The van der Waals surface area contributed by atoms with Gasteiger partial charge >= 0.3 is 18.0 Å². The molecule has 9 heteroatoms. The molecule has 0 bridgehead atoms. The van der Waals surface area contributed by atoms with Crippen molar-refractivity contribution in [3.05, 3.63) is 33.9 Å². The van der Waals surface area contributed by atoms with Gasteiger partial charge in [0, 0.05) is 6.07 Å². The molecule has 1 aromatic carbocycles. The van der Waals surface area contributed by atoms with E-state index in [1.54, 1.807) is 0 Å². The number of benzene rings is 1. The zero-order valence-electron chi connectivity index (χ0n) is 9.56. The molecule has 0 unspecified atom stereocenters. The van der Waals surface area contributed by atoms with Crippen LogP contribution in [0.5, 0.6) is 5.75 Å². The largest absolute Gasteiger partial charge is 0.573 e. The van der Waals surface area contributed by atoms with E-state index in [0.29, 0.717) is 0 Å². The highest BCUT2D eigenvalue weighted by molar-refractivity contribution is 5.72. The minimum absolute atomic E-state index is 0.108. The maximum Gasteiger partial charge on any atom is 0.573 e. The predicted octanol–water partition coefficient (Wildman–Crippen LogP) is 2.21. The van der Waals surface area contributed by atoms with Crippen LogP contribution in [0.25, 0.3) is 0 Å². The molecule has 19 heavy (non-hydrogen) atoms. The van der Waals surface area contributed by atoms with E-state index in [2.05, 4.69) is 9.47 Å². The summed E-state index contributed by atoms with van der Waals surface area (Å²) in [5, 5.41) is 10.6. The summed E-state index contributed by atoms with van der Waals surface area (Å²) in [6.45, 7) is 0. The van der Waals surface area contributed by atoms with Crippen molar-refractivity contribution in [3.8, 4) is 5.75 Å². The lowest BCUT2D eigenvalue weighted by Crippen LogP contribution is -2.18. The molecule has 0 spiro atoms. The van der Waals surface area contributed by atoms with Crippen LogP contribution in [0.3, 0.4) is 0 Å². The molecule has 0 fully saturated rings. The van der Waals surface area contributed by atoms with Crippen LogP contribution in [0.15, 0.2) is 18.2 Å². The van der Waals surface area contributed by atoms with Crippen molar-refractivity contribution in [1.29, 1.82) is 0 Å². The van der Waals surface area contributed by atoms with Crippen LogP contribution < -0.4 is 4.74 Å². The molecule has 0 aromatic heterocycles. The van der Waals surface area contributed by atoms with Gasteiger partial charge in [-0.1, -0.05) is 6.07 Å². The van der Waals surface area contributed by atoms with Crippen molar-refractivity contribution in [1.82, 2.24) is 0 Å². The van der Waals surface area contributed by atoms with Crippen LogP contribution in [0.4, 0.5) is 18.9 Å². The Kier molecular flexibility index (Phi) is 4.30. The molecule has 0 amide bonds. The Morgan fingerprint density at radius 2 is 2.05 bits per heavy atom. The molecule has 0 aliphatic rings. The summed E-state index contributed by atoms with van der Waals surface area (Å²) in [5.74, 6) is -1.66. The second-order valence-corrected chi connectivity index (χ2v) is 3.36. The fourth-order valence-corrected chi connectivity index (χ4v) is 1.26. The van der Waals surface area contributed by atoms with Crippen molar-refractivity contribution in [3.63, 3.8) is 0 Å². The highest BCUT2D eigenvalue weighted by atomic mass is 19.4. The lowest BCUT2D eigenvalue weighted by molar-refractivity contribution is -0.388. The molecule has 0 aliphatic carbocycles. The number of alkyl halides is 3. The topological polar surface area (TPSA) is 78.7 Å². The van der Waals surface area contributed by atoms with Gasteiger partial charge in [-0.2, -0.15) is 0 Å².